The van der Waals surface area contributed by atoms with Gasteiger partial charge in [-0.15, -0.1) is 0 Å². The summed E-state index contributed by atoms with van der Waals surface area (Å²) >= 11 is 5.70. The number of hydrogen-bond acceptors (Lipinski definition) is 2. The van der Waals surface area contributed by atoms with Gasteiger partial charge < -0.3 is 10.2 Å². The largest absolute Gasteiger partial charge is 0.348 e. The number of carbonyl (C=O) groups excluding carboxylic acids is 1. The third-order valence-electron chi connectivity index (χ3n) is 4.15. The number of fused-ring (bicyclic) bond motifs is 3. The molecule has 1 unspecified atom stereocenters. The predicted molar refractivity (Wildman–Crippen MR) is 87.3 cm³/mol. The van der Waals surface area contributed by atoms with E-state index in [0.29, 0.717) is 12.0 Å². The van der Waals surface area contributed by atoms with Crippen LogP contribution in [0, 0.1) is 9.49 Å². The summed E-state index contributed by atoms with van der Waals surface area (Å²) in [6, 6.07) is 6.18. The summed E-state index contributed by atoms with van der Waals surface area (Å²) in [6.07, 6.45) is 2.44. The van der Waals surface area contributed by atoms with Gasteiger partial charge in [0, 0.05) is 20.6 Å². The Morgan fingerprint density at radius 2 is 2.11 bits per heavy atom. The lowest BCUT2D eigenvalue weighted by Crippen LogP contribution is -2.57. The minimum absolute atomic E-state index is 0.0455. The lowest BCUT2D eigenvalue weighted by atomic mass is 9.84. The maximum Gasteiger partial charge on any atom is 0.252 e. The van der Waals surface area contributed by atoms with Gasteiger partial charge in [-0.25, -0.2) is 0 Å². The summed E-state index contributed by atoms with van der Waals surface area (Å²) in [6.45, 7) is 3.41. The lowest BCUT2D eigenvalue weighted by Gasteiger charge is -2.44. The van der Waals surface area contributed by atoms with Crippen molar-refractivity contribution in [2.24, 2.45) is 5.92 Å². The van der Waals surface area contributed by atoms with Crippen LogP contribution in [0.3, 0.4) is 0 Å². The van der Waals surface area contributed by atoms with E-state index in [1.165, 1.54) is 25.9 Å². The molecule has 3 nitrogen and oxygen atoms in total. The van der Waals surface area contributed by atoms with Crippen molar-refractivity contribution in [2.45, 2.75) is 18.9 Å². The first-order valence-corrected chi connectivity index (χ1v) is 8.49. The second kappa shape index (κ2) is 5.69. The van der Waals surface area contributed by atoms with Crippen molar-refractivity contribution in [3.63, 3.8) is 0 Å². The molecule has 0 aliphatic carbocycles. The standard InChI is InChI=1S/C14H16BrIN2O/c15-12-2-1-10(16)7-11(12)14(19)17-13-8-18-5-3-9(13)4-6-18/h1-2,7,9,13H,3-6,8H2,(H,17,19). The number of nitrogens with zero attached hydrogens (tertiary/aromatic N) is 1. The molecule has 4 rings (SSSR count). The summed E-state index contributed by atoms with van der Waals surface area (Å²) in [5.41, 5.74) is 0.739. The minimum Gasteiger partial charge on any atom is -0.348 e. The van der Waals surface area contributed by atoms with E-state index in [1.54, 1.807) is 0 Å². The van der Waals surface area contributed by atoms with Crippen LogP contribution < -0.4 is 5.32 Å². The molecule has 3 saturated heterocycles. The number of amides is 1. The molecule has 1 aromatic carbocycles. The summed E-state index contributed by atoms with van der Waals surface area (Å²) < 4.78 is 1.95. The van der Waals surface area contributed by atoms with Gasteiger partial charge in [-0.1, -0.05) is 0 Å². The summed E-state index contributed by atoms with van der Waals surface area (Å²) in [7, 11) is 0. The zero-order valence-electron chi connectivity index (χ0n) is 10.5. The highest BCUT2D eigenvalue weighted by Crippen LogP contribution is 2.28. The molecule has 1 aromatic rings. The maximum atomic E-state index is 12.4. The van der Waals surface area contributed by atoms with Crippen LogP contribution in [0.25, 0.3) is 0 Å². The van der Waals surface area contributed by atoms with Crippen LogP contribution >= 0.6 is 38.5 Å². The highest BCUT2D eigenvalue weighted by atomic mass is 127. The van der Waals surface area contributed by atoms with Crippen LogP contribution in [0.2, 0.25) is 0 Å². The SMILES string of the molecule is O=C(NC1CN2CCC1CC2)c1cc(I)ccc1Br. The van der Waals surface area contributed by atoms with E-state index in [9.17, 15) is 4.79 Å². The van der Waals surface area contributed by atoms with Crippen LogP contribution in [0.1, 0.15) is 23.2 Å². The van der Waals surface area contributed by atoms with Gasteiger partial charge in [-0.05, 0) is 88.6 Å². The first-order chi connectivity index (χ1) is 9.13. The molecular weight excluding hydrogens is 419 g/mol. The van der Waals surface area contributed by atoms with Crippen molar-refractivity contribution in [3.8, 4) is 0 Å². The molecule has 3 aliphatic heterocycles. The smallest absolute Gasteiger partial charge is 0.252 e. The van der Waals surface area contributed by atoms with Crippen molar-refractivity contribution in [1.82, 2.24) is 10.2 Å². The molecule has 2 bridgehead atoms. The Kier molecular flexibility index (Phi) is 4.14. The Bertz CT molecular complexity index is 500. The molecule has 19 heavy (non-hydrogen) atoms. The highest BCUT2D eigenvalue weighted by molar-refractivity contribution is 14.1. The normalized spacial score (nSPS) is 29.3. The maximum absolute atomic E-state index is 12.4. The van der Waals surface area contributed by atoms with E-state index in [0.717, 1.165) is 20.2 Å². The molecule has 102 valence electrons. The van der Waals surface area contributed by atoms with Gasteiger partial charge in [0.2, 0.25) is 0 Å². The molecule has 1 amide bonds. The quantitative estimate of drug-likeness (QED) is 0.726. The van der Waals surface area contributed by atoms with Crippen LogP contribution in [-0.2, 0) is 0 Å². The Morgan fingerprint density at radius 1 is 1.37 bits per heavy atom. The van der Waals surface area contributed by atoms with Gasteiger partial charge in [0.1, 0.15) is 0 Å². The second-order valence-corrected chi connectivity index (χ2v) is 7.44. The van der Waals surface area contributed by atoms with E-state index >= 15 is 0 Å². The van der Waals surface area contributed by atoms with Crippen molar-refractivity contribution in [3.05, 3.63) is 31.8 Å². The summed E-state index contributed by atoms with van der Waals surface area (Å²) in [5.74, 6) is 0.708. The van der Waals surface area contributed by atoms with Gasteiger partial charge in [-0.3, -0.25) is 4.79 Å². The third-order valence-corrected chi connectivity index (χ3v) is 5.51. The predicted octanol–water partition coefficient (Wildman–Crippen LogP) is 2.88. The number of benzene rings is 1. The lowest BCUT2D eigenvalue weighted by molar-refractivity contribution is 0.0620. The van der Waals surface area contributed by atoms with Crippen molar-refractivity contribution >= 4 is 44.4 Å². The topological polar surface area (TPSA) is 32.3 Å². The fraction of sp³-hybridized carbons (Fsp3) is 0.500. The van der Waals surface area contributed by atoms with E-state index in [1.807, 2.05) is 18.2 Å². The molecule has 3 fully saturated rings. The molecular formula is C14H16BrIN2O. The molecule has 0 aromatic heterocycles. The van der Waals surface area contributed by atoms with Crippen molar-refractivity contribution in [2.75, 3.05) is 19.6 Å². The van der Waals surface area contributed by atoms with Crippen LogP contribution in [0.5, 0.6) is 0 Å². The number of piperidine rings is 3. The third kappa shape index (κ3) is 2.97. The minimum atomic E-state index is 0.0455. The molecule has 3 aliphatic rings. The number of carbonyl (C=O) groups is 1. The van der Waals surface area contributed by atoms with Crippen LogP contribution in [0.4, 0.5) is 0 Å². The molecule has 0 saturated carbocycles. The van der Waals surface area contributed by atoms with E-state index < -0.39 is 0 Å². The fourth-order valence-corrected chi connectivity index (χ4v) is 3.96. The molecule has 0 radical (unpaired) electrons. The van der Waals surface area contributed by atoms with Crippen molar-refractivity contribution < 1.29 is 4.79 Å². The Labute approximate surface area is 135 Å². The molecule has 1 atom stereocenters. The van der Waals surface area contributed by atoms with Gasteiger partial charge >= 0.3 is 0 Å². The number of halogens is 2. The number of hydrogen-bond donors (Lipinski definition) is 1. The summed E-state index contributed by atoms with van der Waals surface area (Å²) in [4.78, 5) is 14.9. The molecule has 3 heterocycles. The average Bonchev–Trinajstić information content (AvgIpc) is 2.43. The second-order valence-electron chi connectivity index (χ2n) is 5.34. The first-order valence-electron chi connectivity index (χ1n) is 6.62. The van der Waals surface area contributed by atoms with Crippen LogP contribution in [0.15, 0.2) is 22.7 Å². The molecule has 5 heteroatoms. The van der Waals surface area contributed by atoms with E-state index in [4.69, 9.17) is 0 Å². The number of rotatable bonds is 2. The van der Waals surface area contributed by atoms with E-state index in [2.05, 4.69) is 48.7 Å². The van der Waals surface area contributed by atoms with Gasteiger partial charge in [-0.2, -0.15) is 0 Å². The van der Waals surface area contributed by atoms with Gasteiger partial charge in [0.15, 0.2) is 0 Å². The molecule has 1 N–H and O–H groups in total. The van der Waals surface area contributed by atoms with Crippen LogP contribution in [-0.4, -0.2) is 36.5 Å². The monoisotopic (exact) mass is 434 g/mol. The first kappa shape index (κ1) is 13.8. The van der Waals surface area contributed by atoms with E-state index in [-0.39, 0.29) is 5.91 Å². The summed E-state index contributed by atoms with van der Waals surface area (Å²) in [5, 5.41) is 3.22. The number of nitrogens with one attached hydrogen (secondary N) is 1. The Balaban J connectivity index is 1.73. The highest BCUT2D eigenvalue weighted by Gasteiger charge is 2.35. The zero-order valence-corrected chi connectivity index (χ0v) is 14.3. The van der Waals surface area contributed by atoms with Gasteiger partial charge in [0.05, 0.1) is 5.56 Å². The molecule has 0 spiro atoms. The zero-order chi connectivity index (χ0) is 13.4. The average molecular weight is 435 g/mol. The Morgan fingerprint density at radius 3 is 2.74 bits per heavy atom. The Hall–Kier alpha value is -0.140. The van der Waals surface area contributed by atoms with Gasteiger partial charge in [0.25, 0.3) is 5.91 Å². The van der Waals surface area contributed by atoms with Crippen molar-refractivity contribution in [1.29, 1.82) is 0 Å². The fourth-order valence-electron chi connectivity index (χ4n) is 3.05.